The Hall–Kier alpha value is -0.830. The van der Waals surface area contributed by atoms with E-state index in [1.54, 1.807) is 18.2 Å². The highest BCUT2D eigenvalue weighted by atomic mass is 35.5. The summed E-state index contributed by atoms with van der Waals surface area (Å²) in [5.41, 5.74) is 2.46. The fraction of sp³-hybridized carbons (Fsp3) is 0.154. The zero-order valence-electron chi connectivity index (χ0n) is 9.17. The van der Waals surface area contributed by atoms with Gasteiger partial charge in [-0.3, -0.25) is 4.79 Å². The van der Waals surface area contributed by atoms with E-state index in [-0.39, 0.29) is 12.2 Å². The normalized spacial score (nSPS) is 10.5. The fourth-order valence-corrected chi connectivity index (χ4v) is 2.99. The average Bonchev–Trinajstić information content (AvgIpc) is 2.70. The minimum atomic E-state index is 0.0544. The summed E-state index contributed by atoms with van der Waals surface area (Å²) >= 11 is 13.6. The first-order chi connectivity index (χ1) is 8.09. The molecule has 0 radical (unpaired) electrons. The van der Waals surface area contributed by atoms with Gasteiger partial charge in [0.2, 0.25) is 0 Å². The lowest BCUT2D eigenvalue weighted by atomic mass is 10.0. The first kappa shape index (κ1) is 12.6. The lowest BCUT2D eigenvalue weighted by Gasteiger charge is -2.05. The second kappa shape index (κ2) is 5.21. The largest absolute Gasteiger partial charge is 0.294 e. The predicted molar refractivity (Wildman–Crippen MR) is 73.6 cm³/mol. The summed E-state index contributed by atoms with van der Waals surface area (Å²) in [7, 11) is 0. The topological polar surface area (TPSA) is 17.1 Å². The van der Waals surface area contributed by atoms with Crippen LogP contribution in [0.3, 0.4) is 0 Å². The molecule has 0 amide bonds. The van der Waals surface area contributed by atoms with E-state index >= 15 is 0 Å². The molecule has 2 aromatic rings. The summed E-state index contributed by atoms with van der Waals surface area (Å²) in [5, 5.41) is 4.90. The van der Waals surface area contributed by atoms with Crippen molar-refractivity contribution in [2.75, 3.05) is 0 Å². The Morgan fingerprint density at radius 3 is 2.41 bits per heavy atom. The van der Waals surface area contributed by atoms with E-state index in [2.05, 4.69) is 0 Å². The zero-order valence-corrected chi connectivity index (χ0v) is 11.5. The van der Waals surface area contributed by atoms with E-state index in [0.29, 0.717) is 15.6 Å². The molecule has 0 saturated carbocycles. The molecule has 4 heteroatoms. The number of Topliss-reactive ketones (excluding diaryl/α,β-unsaturated/α-hetero) is 1. The number of carbonyl (C=O) groups excluding carboxylic acids is 1. The van der Waals surface area contributed by atoms with Crippen LogP contribution in [0.5, 0.6) is 0 Å². The summed E-state index contributed by atoms with van der Waals surface area (Å²) in [4.78, 5) is 12.1. The number of aryl methyl sites for hydroxylation is 1. The Bertz CT molecular complexity index is 540. The van der Waals surface area contributed by atoms with Crippen molar-refractivity contribution in [3.63, 3.8) is 0 Å². The van der Waals surface area contributed by atoms with E-state index in [0.717, 1.165) is 11.1 Å². The van der Waals surface area contributed by atoms with Gasteiger partial charge in [0, 0.05) is 27.4 Å². The van der Waals surface area contributed by atoms with Crippen LogP contribution in [0.2, 0.25) is 10.0 Å². The molecule has 1 aromatic heterocycles. The minimum Gasteiger partial charge on any atom is -0.294 e. The third-order valence-corrected chi connectivity index (χ3v) is 4.12. The quantitative estimate of drug-likeness (QED) is 0.741. The third-order valence-electron chi connectivity index (χ3n) is 2.55. The molecule has 0 aliphatic heterocycles. The van der Waals surface area contributed by atoms with Crippen LogP contribution in [-0.4, -0.2) is 5.78 Å². The van der Waals surface area contributed by atoms with Crippen molar-refractivity contribution in [1.29, 1.82) is 0 Å². The lowest BCUT2D eigenvalue weighted by molar-refractivity contribution is 0.0993. The van der Waals surface area contributed by atoms with E-state index < -0.39 is 0 Å². The highest BCUT2D eigenvalue weighted by Crippen LogP contribution is 2.26. The third kappa shape index (κ3) is 2.71. The Morgan fingerprint density at radius 2 is 1.88 bits per heavy atom. The van der Waals surface area contributed by atoms with E-state index in [4.69, 9.17) is 23.2 Å². The van der Waals surface area contributed by atoms with Gasteiger partial charge in [-0.15, -0.1) is 0 Å². The summed E-state index contributed by atoms with van der Waals surface area (Å²) in [6, 6.07) is 5.27. The Labute approximate surface area is 114 Å². The first-order valence-corrected chi connectivity index (χ1v) is 6.78. The van der Waals surface area contributed by atoms with Crippen LogP contribution in [0, 0.1) is 6.92 Å². The van der Waals surface area contributed by atoms with Crippen molar-refractivity contribution in [1.82, 2.24) is 0 Å². The van der Waals surface area contributed by atoms with Gasteiger partial charge in [-0.1, -0.05) is 29.3 Å². The summed E-state index contributed by atoms with van der Waals surface area (Å²) in [6.07, 6.45) is 0.246. The molecule has 0 fully saturated rings. The van der Waals surface area contributed by atoms with Gasteiger partial charge in [0.05, 0.1) is 0 Å². The molecule has 1 nitrogen and oxygen atoms in total. The second-order valence-electron chi connectivity index (χ2n) is 3.77. The van der Waals surface area contributed by atoms with Crippen LogP contribution < -0.4 is 0 Å². The van der Waals surface area contributed by atoms with Gasteiger partial charge in [-0.25, -0.2) is 0 Å². The van der Waals surface area contributed by atoms with Crippen molar-refractivity contribution in [3.8, 4) is 0 Å². The van der Waals surface area contributed by atoms with Crippen LogP contribution in [0.15, 0.2) is 29.0 Å². The van der Waals surface area contributed by atoms with E-state index in [1.807, 2.05) is 17.7 Å². The van der Waals surface area contributed by atoms with Crippen molar-refractivity contribution < 1.29 is 4.79 Å². The van der Waals surface area contributed by atoms with Gasteiger partial charge in [0.25, 0.3) is 0 Å². The number of benzene rings is 1. The number of halogens is 2. The first-order valence-electron chi connectivity index (χ1n) is 5.08. The maximum Gasteiger partial charge on any atom is 0.168 e. The second-order valence-corrected chi connectivity index (χ2v) is 5.33. The molecule has 0 N–H and O–H groups in total. The maximum atomic E-state index is 12.1. The van der Waals surface area contributed by atoms with E-state index in [1.165, 1.54) is 11.3 Å². The molecule has 0 bridgehead atoms. The molecule has 2 rings (SSSR count). The number of hydrogen-bond donors (Lipinski definition) is 0. The highest BCUT2D eigenvalue weighted by Gasteiger charge is 2.14. The van der Waals surface area contributed by atoms with Crippen LogP contribution in [0.25, 0.3) is 0 Å². The van der Waals surface area contributed by atoms with Crippen LogP contribution in [0.4, 0.5) is 0 Å². The Morgan fingerprint density at radius 1 is 1.24 bits per heavy atom. The predicted octanol–water partition coefficient (Wildman–Crippen LogP) is 4.79. The monoisotopic (exact) mass is 284 g/mol. The molecule has 88 valence electrons. The fourth-order valence-electron chi connectivity index (χ4n) is 1.60. The molecule has 0 aliphatic carbocycles. The number of hydrogen-bond acceptors (Lipinski definition) is 2. The maximum absolute atomic E-state index is 12.1. The van der Waals surface area contributed by atoms with Gasteiger partial charge >= 0.3 is 0 Å². The number of carbonyl (C=O) groups is 1. The lowest BCUT2D eigenvalue weighted by Crippen LogP contribution is -2.04. The number of ketones is 1. The smallest absolute Gasteiger partial charge is 0.168 e. The number of rotatable bonds is 3. The summed E-state index contributed by atoms with van der Waals surface area (Å²) < 4.78 is 0. The number of thiophene rings is 1. The molecule has 0 saturated heterocycles. The molecular weight excluding hydrogens is 275 g/mol. The molecular formula is C13H10Cl2OS. The van der Waals surface area contributed by atoms with Crippen molar-refractivity contribution in [2.45, 2.75) is 13.3 Å². The van der Waals surface area contributed by atoms with Gasteiger partial charge in [-0.05, 0) is 35.6 Å². The van der Waals surface area contributed by atoms with Gasteiger partial charge < -0.3 is 0 Å². The van der Waals surface area contributed by atoms with Gasteiger partial charge in [-0.2, -0.15) is 11.3 Å². The molecule has 17 heavy (non-hydrogen) atoms. The Kier molecular flexibility index (Phi) is 3.87. The van der Waals surface area contributed by atoms with Crippen molar-refractivity contribution in [3.05, 3.63) is 55.7 Å². The molecule has 0 unspecified atom stereocenters. The van der Waals surface area contributed by atoms with Crippen molar-refractivity contribution in [2.24, 2.45) is 0 Å². The van der Waals surface area contributed by atoms with Crippen LogP contribution in [0.1, 0.15) is 21.5 Å². The van der Waals surface area contributed by atoms with Crippen molar-refractivity contribution >= 4 is 40.3 Å². The molecule has 1 heterocycles. The van der Waals surface area contributed by atoms with Crippen LogP contribution >= 0.6 is 34.5 Å². The SMILES string of the molecule is Cc1cscc1C(=O)Cc1c(Cl)cccc1Cl. The summed E-state index contributed by atoms with van der Waals surface area (Å²) in [5.74, 6) is 0.0544. The molecule has 0 atom stereocenters. The Balaban J connectivity index is 2.28. The minimum absolute atomic E-state index is 0.0544. The molecule has 0 spiro atoms. The van der Waals surface area contributed by atoms with Gasteiger partial charge in [0.1, 0.15) is 0 Å². The molecule has 1 aromatic carbocycles. The summed E-state index contributed by atoms with van der Waals surface area (Å²) in [6.45, 7) is 1.93. The van der Waals surface area contributed by atoms with Gasteiger partial charge in [0.15, 0.2) is 5.78 Å². The van der Waals surface area contributed by atoms with Crippen LogP contribution in [-0.2, 0) is 6.42 Å². The highest BCUT2D eigenvalue weighted by molar-refractivity contribution is 7.08. The molecule has 0 aliphatic rings. The standard InChI is InChI=1S/C13H10Cl2OS/c1-8-6-17-7-10(8)13(16)5-9-11(14)3-2-4-12(9)15/h2-4,6-7H,5H2,1H3. The average molecular weight is 285 g/mol. The zero-order chi connectivity index (χ0) is 12.4. The van der Waals surface area contributed by atoms with E-state index in [9.17, 15) is 4.79 Å².